The Morgan fingerprint density at radius 1 is 1.08 bits per heavy atom. The van der Waals surface area contributed by atoms with Gasteiger partial charge in [-0.3, -0.25) is 9.36 Å². The number of aryl methyl sites for hydroxylation is 1. The van der Waals surface area contributed by atoms with Crippen LogP contribution in [-0.2, 0) is 9.31 Å². The number of hydrogen-bond acceptors (Lipinski definition) is 3. The van der Waals surface area contributed by atoms with Gasteiger partial charge in [-0.2, -0.15) is 0 Å². The molecule has 2 heterocycles. The van der Waals surface area contributed by atoms with E-state index >= 15 is 0 Å². The maximum Gasteiger partial charge on any atom is 0.496 e. The first-order chi connectivity index (χ1) is 11.1. The molecular weight excluding hydrogens is 324 g/mol. The summed E-state index contributed by atoms with van der Waals surface area (Å²) in [4.78, 5) is 12.3. The molecule has 0 N–H and O–H groups in total. The van der Waals surface area contributed by atoms with Gasteiger partial charge in [0.2, 0.25) is 0 Å². The third-order valence-electron chi connectivity index (χ3n) is 4.91. The number of halogens is 1. The van der Waals surface area contributed by atoms with Crippen LogP contribution in [0.25, 0.3) is 5.69 Å². The Bertz CT molecular complexity index is 828. The minimum atomic E-state index is -0.522. The highest BCUT2D eigenvalue weighted by atomic mass is 35.5. The minimum Gasteiger partial charge on any atom is -0.399 e. The molecule has 1 fully saturated rings. The van der Waals surface area contributed by atoms with E-state index in [9.17, 15) is 4.79 Å². The van der Waals surface area contributed by atoms with Crippen molar-refractivity contribution in [3.8, 4) is 5.69 Å². The molecule has 24 heavy (non-hydrogen) atoms. The lowest BCUT2D eigenvalue weighted by molar-refractivity contribution is 0.00578. The quantitative estimate of drug-likeness (QED) is 0.785. The molecule has 1 aromatic carbocycles. The zero-order chi connectivity index (χ0) is 17.7. The van der Waals surface area contributed by atoms with Gasteiger partial charge in [0.15, 0.2) is 0 Å². The maximum atomic E-state index is 12.3. The van der Waals surface area contributed by atoms with Crippen molar-refractivity contribution < 1.29 is 9.31 Å². The second-order valence-corrected chi connectivity index (χ2v) is 7.57. The molecule has 1 aliphatic rings. The van der Waals surface area contributed by atoms with Crippen LogP contribution in [0, 0.1) is 6.92 Å². The van der Waals surface area contributed by atoms with E-state index in [0.717, 1.165) is 5.46 Å². The molecule has 4 nitrogen and oxygen atoms in total. The van der Waals surface area contributed by atoms with E-state index in [1.807, 2.05) is 45.9 Å². The van der Waals surface area contributed by atoms with Gasteiger partial charge in [0.1, 0.15) is 0 Å². The smallest absolute Gasteiger partial charge is 0.399 e. The van der Waals surface area contributed by atoms with Crippen LogP contribution in [0.2, 0.25) is 5.02 Å². The fourth-order valence-corrected chi connectivity index (χ4v) is 2.90. The van der Waals surface area contributed by atoms with Gasteiger partial charge in [-0.25, -0.2) is 0 Å². The van der Waals surface area contributed by atoms with Crippen molar-refractivity contribution in [3.05, 3.63) is 57.5 Å². The van der Waals surface area contributed by atoms with E-state index in [1.54, 1.807) is 29.8 Å². The number of nitrogens with zero attached hydrogens (tertiary/aromatic N) is 1. The highest BCUT2D eigenvalue weighted by Crippen LogP contribution is 2.37. The van der Waals surface area contributed by atoms with Gasteiger partial charge in [-0.15, -0.1) is 0 Å². The highest BCUT2D eigenvalue weighted by Gasteiger charge is 2.52. The highest BCUT2D eigenvalue weighted by molar-refractivity contribution is 6.65. The Morgan fingerprint density at radius 3 is 2.29 bits per heavy atom. The van der Waals surface area contributed by atoms with Crippen molar-refractivity contribution in [3.63, 3.8) is 0 Å². The molecule has 0 saturated carbocycles. The molecule has 1 saturated heterocycles. The number of rotatable bonds is 2. The van der Waals surface area contributed by atoms with Crippen molar-refractivity contribution in [1.82, 2.24) is 4.57 Å². The second kappa shape index (κ2) is 5.76. The first-order valence-corrected chi connectivity index (χ1v) is 8.34. The Morgan fingerprint density at radius 2 is 1.71 bits per heavy atom. The summed E-state index contributed by atoms with van der Waals surface area (Å²) in [6.45, 7) is 9.80. The summed E-state index contributed by atoms with van der Waals surface area (Å²) in [6, 6.07) is 9.11. The van der Waals surface area contributed by atoms with Crippen molar-refractivity contribution in [1.29, 1.82) is 0 Å². The average Bonchev–Trinajstić information content (AvgIpc) is 2.70. The van der Waals surface area contributed by atoms with Crippen molar-refractivity contribution in [2.75, 3.05) is 0 Å². The average molecular weight is 346 g/mol. The molecule has 1 aromatic heterocycles. The van der Waals surface area contributed by atoms with Gasteiger partial charge in [0.05, 0.1) is 16.9 Å². The van der Waals surface area contributed by atoms with Crippen molar-refractivity contribution in [2.45, 2.75) is 45.8 Å². The van der Waals surface area contributed by atoms with Gasteiger partial charge in [-0.05, 0) is 52.8 Å². The largest absolute Gasteiger partial charge is 0.496 e. The SMILES string of the molecule is Cc1cccn(-c2ccc(B3OC(C)(C)C(C)(C)O3)c(Cl)c2)c1=O. The Hall–Kier alpha value is -1.56. The lowest BCUT2D eigenvalue weighted by atomic mass is 9.79. The van der Waals surface area contributed by atoms with Crippen molar-refractivity contribution in [2.24, 2.45) is 0 Å². The molecule has 126 valence electrons. The van der Waals surface area contributed by atoms with Crippen LogP contribution in [0.5, 0.6) is 0 Å². The molecule has 0 spiro atoms. The number of pyridine rings is 1. The van der Waals surface area contributed by atoms with Crippen LogP contribution < -0.4 is 11.0 Å². The molecule has 2 aromatic rings. The van der Waals surface area contributed by atoms with Gasteiger partial charge in [0.25, 0.3) is 5.56 Å². The maximum absolute atomic E-state index is 12.3. The Kier molecular flexibility index (Phi) is 4.15. The third kappa shape index (κ3) is 2.81. The summed E-state index contributed by atoms with van der Waals surface area (Å²) in [5.41, 5.74) is 1.26. The summed E-state index contributed by atoms with van der Waals surface area (Å²) >= 11 is 6.46. The van der Waals surface area contributed by atoms with Crippen LogP contribution >= 0.6 is 11.6 Å². The minimum absolute atomic E-state index is 0.0584. The molecule has 1 aliphatic heterocycles. The molecular formula is C18H21BClNO3. The molecule has 0 amide bonds. The normalized spacial score (nSPS) is 18.8. The Balaban J connectivity index is 1.97. The van der Waals surface area contributed by atoms with Gasteiger partial charge in [-0.1, -0.05) is 23.7 Å². The number of benzene rings is 1. The lowest BCUT2D eigenvalue weighted by Gasteiger charge is -2.32. The zero-order valence-electron chi connectivity index (χ0n) is 14.6. The van der Waals surface area contributed by atoms with E-state index in [1.165, 1.54) is 0 Å². The van der Waals surface area contributed by atoms with Crippen LogP contribution in [-0.4, -0.2) is 22.9 Å². The van der Waals surface area contributed by atoms with Gasteiger partial charge in [0, 0.05) is 22.2 Å². The third-order valence-corrected chi connectivity index (χ3v) is 5.23. The lowest BCUT2D eigenvalue weighted by Crippen LogP contribution is -2.41. The molecule has 0 bridgehead atoms. The fraction of sp³-hybridized carbons (Fsp3) is 0.389. The zero-order valence-corrected chi connectivity index (χ0v) is 15.3. The van der Waals surface area contributed by atoms with E-state index in [2.05, 4.69) is 0 Å². The molecule has 3 rings (SSSR count). The second-order valence-electron chi connectivity index (χ2n) is 7.16. The van der Waals surface area contributed by atoms with Crippen molar-refractivity contribution >= 4 is 24.2 Å². The summed E-state index contributed by atoms with van der Waals surface area (Å²) in [5, 5.41) is 0.513. The molecule has 0 unspecified atom stereocenters. The summed E-state index contributed by atoms with van der Waals surface area (Å²) in [5.74, 6) is 0. The number of aromatic nitrogens is 1. The molecule has 6 heteroatoms. The standard InChI is InChI=1S/C18H21BClNO3/c1-12-7-6-10-21(16(12)22)13-8-9-14(15(20)11-13)19-23-17(2,3)18(4,5)24-19/h6-11H,1-5H3. The van der Waals surface area contributed by atoms with Crippen LogP contribution in [0.15, 0.2) is 41.3 Å². The van der Waals surface area contributed by atoms with Gasteiger partial charge >= 0.3 is 7.12 Å². The van der Waals surface area contributed by atoms with E-state index in [0.29, 0.717) is 16.3 Å². The fourth-order valence-electron chi connectivity index (χ4n) is 2.63. The monoisotopic (exact) mass is 345 g/mol. The first kappa shape index (κ1) is 17.3. The molecule has 0 aliphatic carbocycles. The first-order valence-electron chi connectivity index (χ1n) is 7.96. The topological polar surface area (TPSA) is 40.5 Å². The van der Waals surface area contributed by atoms with Gasteiger partial charge < -0.3 is 9.31 Å². The molecule has 0 radical (unpaired) electrons. The predicted octanol–water partition coefficient (Wildman–Crippen LogP) is 3.10. The molecule has 0 atom stereocenters. The summed E-state index contributed by atoms with van der Waals surface area (Å²) in [7, 11) is -0.522. The van der Waals surface area contributed by atoms with Crippen LogP contribution in [0.4, 0.5) is 0 Å². The summed E-state index contributed by atoms with van der Waals surface area (Å²) < 4.78 is 13.7. The van der Waals surface area contributed by atoms with Crippen LogP contribution in [0.1, 0.15) is 33.3 Å². The number of hydrogen-bond donors (Lipinski definition) is 0. The van der Waals surface area contributed by atoms with E-state index in [4.69, 9.17) is 20.9 Å². The summed E-state index contributed by atoms with van der Waals surface area (Å²) in [6.07, 6.45) is 1.73. The Labute approximate surface area is 147 Å². The van der Waals surface area contributed by atoms with E-state index in [-0.39, 0.29) is 5.56 Å². The van der Waals surface area contributed by atoms with Crippen LogP contribution in [0.3, 0.4) is 0 Å². The predicted molar refractivity (Wildman–Crippen MR) is 97.5 cm³/mol. The van der Waals surface area contributed by atoms with E-state index < -0.39 is 18.3 Å².